The summed E-state index contributed by atoms with van der Waals surface area (Å²) < 4.78 is 5.09. The zero-order valence-corrected chi connectivity index (χ0v) is 12.0. The van der Waals surface area contributed by atoms with Crippen molar-refractivity contribution in [1.82, 2.24) is 0 Å². The molecule has 2 rings (SSSR count). The van der Waals surface area contributed by atoms with Crippen LogP contribution in [0.1, 0.15) is 6.92 Å². The molecule has 0 aliphatic heterocycles. The van der Waals surface area contributed by atoms with E-state index in [4.69, 9.17) is 4.74 Å². The zero-order valence-electron chi connectivity index (χ0n) is 12.0. The molecule has 0 unspecified atom stereocenters. The minimum Gasteiger partial charge on any atom is -0.448 e. The molecule has 6 heteroatoms. The number of hydrogen-bond donors (Lipinski definition) is 3. The lowest BCUT2D eigenvalue weighted by Crippen LogP contribution is -2.46. The van der Waals surface area contributed by atoms with Gasteiger partial charge in [0, 0.05) is 6.07 Å². The van der Waals surface area contributed by atoms with Crippen LogP contribution in [0.3, 0.4) is 0 Å². The largest absolute Gasteiger partial charge is 0.448 e. The molecule has 0 radical (unpaired) electrons. The summed E-state index contributed by atoms with van der Waals surface area (Å²) in [5.74, 6) is 0. The Morgan fingerprint density at radius 2 is 1.90 bits per heavy atom. The molecule has 6 nitrogen and oxygen atoms in total. The molecule has 0 bridgehead atoms. The summed E-state index contributed by atoms with van der Waals surface area (Å²) in [6, 6.07) is 14.8. The third-order valence-electron chi connectivity index (χ3n) is 2.87. The third-order valence-corrected chi connectivity index (χ3v) is 2.87. The van der Waals surface area contributed by atoms with Gasteiger partial charge in [-0.05, 0) is 25.1 Å². The first-order valence-electron chi connectivity index (χ1n) is 6.68. The highest BCUT2D eigenvalue weighted by molar-refractivity contribution is 5.90. The molecular formula is C15H20N4O2+2. The Kier molecular flexibility index (Phi) is 4.76. The lowest BCUT2D eigenvalue weighted by atomic mass is 10.2. The maximum absolute atomic E-state index is 12.1. The van der Waals surface area contributed by atoms with E-state index in [0.29, 0.717) is 12.3 Å². The Morgan fingerprint density at radius 1 is 1.19 bits per heavy atom. The lowest BCUT2D eigenvalue weighted by Gasteiger charge is -2.23. The molecule has 0 saturated carbocycles. The fourth-order valence-electron chi connectivity index (χ4n) is 1.86. The number of anilines is 2. The van der Waals surface area contributed by atoms with E-state index in [2.05, 4.69) is 16.9 Å². The summed E-state index contributed by atoms with van der Waals surface area (Å²) >= 11 is 0. The van der Waals surface area contributed by atoms with Gasteiger partial charge in [-0.1, -0.05) is 18.2 Å². The molecular weight excluding hydrogens is 268 g/mol. The average Bonchev–Trinajstić information content (AvgIpc) is 2.47. The Morgan fingerprint density at radius 3 is 2.52 bits per heavy atom. The molecule has 7 N–H and O–H groups in total. The van der Waals surface area contributed by atoms with Gasteiger partial charge < -0.3 is 16.2 Å². The van der Waals surface area contributed by atoms with Gasteiger partial charge in [0.05, 0.1) is 18.4 Å². The first kappa shape index (κ1) is 14.8. The number of carbonyl (C=O) groups excluding carboxylic acids is 1. The van der Waals surface area contributed by atoms with Crippen LogP contribution in [0.5, 0.6) is 0 Å². The van der Waals surface area contributed by atoms with E-state index < -0.39 is 6.09 Å². The monoisotopic (exact) mass is 288 g/mol. The van der Waals surface area contributed by atoms with E-state index in [1.54, 1.807) is 6.92 Å². The number of nitrogens with one attached hydrogen (secondary N) is 1. The molecule has 0 aromatic heterocycles. The average molecular weight is 288 g/mol. The number of rotatable bonds is 4. The van der Waals surface area contributed by atoms with Gasteiger partial charge in [-0.15, -0.1) is 0 Å². The van der Waals surface area contributed by atoms with Gasteiger partial charge in [0.25, 0.3) is 0 Å². The number of ether oxygens (including phenoxy) is 1. The smallest absolute Gasteiger partial charge is 0.433 e. The van der Waals surface area contributed by atoms with Crippen molar-refractivity contribution in [2.75, 3.05) is 17.0 Å². The van der Waals surface area contributed by atoms with Crippen molar-refractivity contribution in [2.45, 2.75) is 6.92 Å². The number of hydrogen-bond acceptors (Lipinski definition) is 3. The molecule has 1 amide bonds. The minimum absolute atomic E-state index is 0.304. The topological polar surface area (TPSA) is 96.9 Å². The van der Waals surface area contributed by atoms with E-state index in [1.165, 1.54) is 5.01 Å². The maximum Gasteiger partial charge on any atom is 0.433 e. The second-order valence-corrected chi connectivity index (χ2v) is 4.47. The standard InChI is InChI=1S/C15H18N4O2/c1-2-21-15(20)19(12-6-4-3-5-7-12)18-14-9-8-11(16)10-13(14)17/h3-10,18H,2,16-17H2,1H3/p+2. The van der Waals surface area contributed by atoms with Crippen molar-refractivity contribution in [2.24, 2.45) is 0 Å². The normalized spacial score (nSPS) is 10.0. The second-order valence-electron chi connectivity index (χ2n) is 4.47. The summed E-state index contributed by atoms with van der Waals surface area (Å²) in [6.07, 6.45) is -0.471. The molecule has 0 aliphatic carbocycles. The number of amides is 1. The fourth-order valence-corrected chi connectivity index (χ4v) is 1.86. The molecule has 0 aliphatic rings. The Labute approximate surface area is 123 Å². The van der Waals surface area contributed by atoms with E-state index in [9.17, 15) is 4.79 Å². The molecule has 2 aromatic carbocycles. The van der Waals surface area contributed by atoms with Crippen LogP contribution in [0.4, 0.5) is 27.5 Å². The molecule has 21 heavy (non-hydrogen) atoms. The predicted octanol–water partition coefficient (Wildman–Crippen LogP) is 1.42. The van der Waals surface area contributed by atoms with Crippen LogP contribution in [0.15, 0.2) is 48.5 Å². The molecule has 110 valence electrons. The first-order valence-corrected chi connectivity index (χ1v) is 6.68. The summed E-state index contributed by atoms with van der Waals surface area (Å²) in [7, 11) is 0. The second kappa shape index (κ2) is 6.74. The van der Waals surface area contributed by atoms with Gasteiger partial charge in [0.15, 0.2) is 5.69 Å². The quantitative estimate of drug-likeness (QED) is 0.742. The van der Waals surface area contributed by atoms with Crippen LogP contribution in [-0.4, -0.2) is 12.7 Å². The molecule has 0 saturated heterocycles. The van der Waals surface area contributed by atoms with E-state index in [-0.39, 0.29) is 0 Å². The molecule has 0 heterocycles. The van der Waals surface area contributed by atoms with Gasteiger partial charge in [0.1, 0.15) is 11.4 Å². The van der Waals surface area contributed by atoms with Gasteiger partial charge >= 0.3 is 6.09 Å². The van der Waals surface area contributed by atoms with E-state index >= 15 is 0 Å². The number of benzene rings is 2. The first-order chi connectivity index (χ1) is 10.1. The maximum atomic E-state index is 12.1. The van der Waals surface area contributed by atoms with Crippen LogP contribution in [-0.2, 0) is 4.74 Å². The van der Waals surface area contributed by atoms with Crippen molar-refractivity contribution in [3.63, 3.8) is 0 Å². The number of carbonyl (C=O) groups is 1. The van der Waals surface area contributed by atoms with Gasteiger partial charge in [0.2, 0.25) is 0 Å². The highest BCUT2D eigenvalue weighted by atomic mass is 16.6. The third kappa shape index (κ3) is 3.71. The van der Waals surface area contributed by atoms with Crippen LogP contribution < -0.4 is 21.9 Å². The number of para-hydroxylation sites is 1. The highest BCUT2D eigenvalue weighted by Crippen LogP contribution is 2.22. The van der Waals surface area contributed by atoms with E-state index in [0.717, 1.165) is 17.1 Å². The molecule has 0 atom stereocenters. The Bertz CT molecular complexity index is 616. The van der Waals surface area contributed by atoms with E-state index in [1.807, 2.05) is 48.5 Å². The van der Waals surface area contributed by atoms with Crippen molar-refractivity contribution < 1.29 is 21.0 Å². The highest BCUT2D eigenvalue weighted by Gasteiger charge is 2.18. The van der Waals surface area contributed by atoms with Crippen molar-refractivity contribution in [3.8, 4) is 0 Å². The van der Waals surface area contributed by atoms with Crippen molar-refractivity contribution in [3.05, 3.63) is 48.5 Å². The molecule has 2 aromatic rings. The number of hydrazine groups is 1. The zero-order chi connectivity index (χ0) is 15.2. The van der Waals surface area contributed by atoms with Crippen LogP contribution in [0.25, 0.3) is 0 Å². The summed E-state index contributed by atoms with van der Waals surface area (Å²) in [5, 5.41) is 1.36. The molecule has 0 fully saturated rings. The van der Waals surface area contributed by atoms with Crippen LogP contribution in [0, 0.1) is 0 Å². The predicted molar refractivity (Wildman–Crippen MR) is 81.1 cm³/mol. The number of nitrogens with zero attached hydrogens (tertiary/aromatic N) is 1. The van der Waals surface area contributed by atoms with Gasteiger partial charge in [-0.25, -0.2) is 4.79 Å². The lowest BCUT2D eigenvalue weighted by molar-refractivity contribution is -0.264. The molecule has 0 spiro atoms. The summed E-state index contributed by atoms with van der Waals surface area (Å²) in [6.45, 7) is 2.07. The summed E-state index contributed by atoms with van der Waals surface area (Å²) in [4.78, 5) is 12.1. The minimum atomic E-state index is -0.471. The Balaban J connectivity index is 2.30. The van der Waals surface area contributed by atoms with Gasteiger partial charge in [-0.2, -0.15) is 5.01 Å². The van der Waals surface area contributed by atoms with Gasteiger partial charge in [-0.3, -0.25) is 5.43 Å². The SMILES string of the molecule is CCOC(=O)N(Nc1ccc([NH3+])cc1[NH3+])c1ccccc1. The van der Waals surface area contributed by atoms with Crippen LogP contribution in [0.2, 0.25) is 0 Å². The van der Waals surface area contributed by atoms with Crippen molar-refractivity contribution >= 4 is 28.8 Å². The van der Waals surface area contributed by atoms with Crippen LogP contribution >= 0.6 is 0 Å². The number of quaternary nitrogens is 2. The Hall–Kier alpha value is -2.57. The van der Waals surface area contributed by atoms with Crippen molar-refractivity contribution in [1.29, 1.82) is 0 Å². The summed E-state index contributed by atoms with van der Waals surface area (Å²) in [5.41, 5.74) is 13.9. The fraction of sp³-hybridized carbons (Fsp3) is 0.133.